The van der Waals surface area contributed by atoms with Gasteiger partial charge in [-0.15, -0.1) is 12.4 Å². The minimum absolute atomic E-state index is 0. The maximum absolute atomic E-state index is 6.11. The lowest BCUT2D eigenvalue weighted by Crippen LogP contribution is -2.16. The normalized spacial score (nSPS) is 10.0. The first-order valence-electron chi connectivity index (χ1n) is 5.94. The molecule has 0 unspecified atom stereocenters. The van der Waals surface area contributed by atoms with E-state index in [-0.39, 0.29) is 12.4 Å². The highest BCUT2D eigenvalue weighted by molar-refractivity contribution is 6.35. The van der Waals surface area contributed by atoms with Crippen LogP contribution in [0.4, 0.5) is 0 Å². The molecule has 0 amide bonds. The van der Waals surface area contributed by atoms with Crippen molar-refractivity contribution in [1.29, 1.82) is 0 Å². The van der Waals surface area contributed by atoms with Crippen molar-refractivity contribution in [3.05, 3.63) is 69.7 Å². The molecule has 0 aliphatic rings. The van der Waals surface area contributed by atoms with Crippen molar-refractivity contribution in [2.24, 2.45) is 0 Å². The van der Waals surface area contributed by atoms with Gasteiger partial charge in [0.15, 0.2) is 0 Å². The summed E-state index contributed by atoms with van der Waals surface area (Å²) >= 11 is 12.0. The third-order valence-corrected chi connectivity index (χ3v) is 3.35. The third-order valence-electron chi connectivity index (χ3n) is 2.76. The highest BCUT2D eigenvalue weighted by Crippen LogP contribution is 2.21. The van der Waals surface area contributed by atoms with Crippen LogP contribution in [-0.4, -0.2) is 6.54 Å². The molecule has 19 heavy (non-hydrogen) atoms. The topological polar surface area (TPSA) is 12.0 Å². The minimum Gasteiger partial charge on any atom is -0.312 e. The fourth-order valence-electron chi connectivity index (χ4n) is 1.78. The molecule has 0 spiro atoms. The van der Waals surface area contributed by atoms with Crippen LogP contribution < -0.4 is 5.32 Å². The maximum Gasteiger partial charge on any atom is 0.0453 e. The van der Waals surface area contributed by atoms with Gasteiger partial charge in [-0.05, 0) is 36.2 Å². The van der Waals surface area contributed by atoms with Crippen LogP contribution in [0, 0.1) is 0 Å². The van der Waals surface area contributed by atoms with Crippen molar-refractivity contribution in [2.75, 3.05) is 6.54 Å². The van der Waals surface area contributed by atoms with E-state index in [2.05, 4.69) is 17.4 Å². The molecule has 102 valence electrons. The van der Waals surface area contributed by atoms with Gasteiger partial charge in [-0.1, -0.05) is 59.6 Å². The standard InChI is InChI=1S/C15H15Cl2N.ClH/c16-14-7-6-13(15(17)10-14)8-9-18-11-12-4-2-1-3-5-12;/h1-7,10,18H,8-9,11H2;1H. The number of hydrogen-bond acceptors (Lipinski definition) is 1. The highest BCUT2D eigenvalue weighted by Gasteiger charge is 2.00. The van der Waals surface area contributed by atoms with Gasteiger partial charge in [0.05, 0.1) is 0 Å². The second-order valence-corrected chi connectivity index (χ2v) is 4.99. The molecule has 1 nitrogen and oxygen atoms in total. The number of halogens is 3. The average Bonchev–Trinajstić information content (AvgIpc) is 2.38. The zero-order valence-electron chi connectivity index (χ0n) is 10.4. The largest absolute Gasteiger partial charge is 0.312 e. The van der Waals surface area contributed by atoms with Crippen LogP contribution in [0.1, 0.15) is 11.1 Å². The van der Waals surface area contributed by atoms with Crippen LogP contribution in [0.2, 0.25) is 10.0 Å². The first-order chi connectivity index (χ1) is 8.75. The van der Waals surface area contributed by atoms with E-state index >= 15 is 0 Å². The van der Waals surface area contributed by atoms with Crippen molar-refractivity contribution in [2.45, 2.75) is 13.0 Å². The first kappa shape index (κ1) is 16.3. The van der Waals surface area contributed by atoms with Gasteiger partial charge in [-0.25, -0.2) is 0 Å². The zero-order chi connectivity index (χ0) is 12.8. The first-order valence-corrected chi connectivity index (χ1v) is 6.70. The molecule has 0 bridgehead atoms. The Morgan fingerprint density at radius 3 is 2.37 bits per heavy atom. The second-order valence-electron chi connectivity index (χ2n) is 4.15. The summed E-state index contributed by atoms with van der Waals surface area (Å²) in [4.78, 5) is 0. The van der Waals surface area contributed by atoms with Crippen molar-refractivity contribution < 1.29 is 0 Å². The lowest BCUT2D eigenvalue weighted by atomic mass is 10.1. The summed E-state index contributed by atoms with van der Waals surface area (Å²) in [5.41, 5.74) is 2.42. The van der Waals surface area contributed by atoms with Gasteiger partial charge in [-0.3, -0.25) is 0 Å². The summed E-state index contributed by atoms with van der Waals surface area (Å²) < 4.78 is 0. The number of rotatable bonds is 5. The highest BCUT2D eigenvalue weighted by atomic mass is 35.5. The monoisotopic (exact) mass is 315 g/mol. The molecule has 0 aliphatic heterocycles. The molecule has 4 heteroatoms. The van der Waals surface area contributed by atoms with Gasteiger partial charge in [0.2, 0.25) is 0 Å². The van der Waals surface area contributed by atoms with Crippen LogP contribution in [-0.2, 0) is 13.0 Å². The third kappa shape index (κ3) is 5.42. The van der Waals surface area contributed by atoms with Gasteiger partial charge in [0.1, 0.15) is 0 Å². The number of hydrogen-bond donors (Lipinski definition) is 1. The summed E-state index contributed by atoms with van der Waals surface area (Å²) in [6.45, 7) is 1.78. The average molecular weight is 317 g/mol. The lowest BCUT2D eigenvalue weighted by molar-refractivity contribution is 0.687. The maximum atomic E-state index is 6.11. The SMILES string of the molecule is Cl.Clc1ccc(CCNCc2ccccc2)c(Cl)c1. The Balaban J connectivity index is 0.00000180. The molecule has 0 saturated heterocycles. The molecule has 0 saturated carbocycles. The molecule has 1 N–H and O–H groups in total. The van der Waals surface area contributed by atoms with Gasteiger partial charge >= 0.3 is 0 Å². The van der Waals surface area contributed by atoms with Gasteiger partial charge in [0, 0.05) is 16.6 Å². The Bertz CT molecular complexity index is 500. The lowest BCUT2D eigenvalue weighted by Gasteiger charge is -2.07. The van der Waals surface area contributed by atoms with Crippen molar-refractivity contribution >= 4 is 35.6 Å². The Morgan fingerprint density at radius 2 is 1.68 bits per heavy atom. The summed E-state index contributed by atoms with van der Waals surface area (Å²) in [7, 11) is 0. The quantitative estimate of drug-likeness (QED) is 0.785. The molecule has 0 atom stereocenters. The summed E-state index contributed by atoms with van der Waals surface area (Å²) in [6.07, 6.45) is 0.906. The van der Waals surface area contributed by atoms with Gasteiger partial charge in [0.25, 0.3) is 0 Å². The van der Waals surface area contributed by atoms with E-state index in [1.54, 1.807) is 6.07 Å². The smallest absolute Gasteiger partial charge is 0.0453 e. The second kappa shape index (κ2) is 8.44. The number of benzene rings is 2. The molecular formula is C15H16Cl3N. The molecule has 0 aromatic heterocycles. The Labute approximate surface area is 130 Å². The summed E-state index contributed by atoms with van der Waals surface area (Å²) in [5.74, 6) is 0. The van der Waals surface area contributed by atoms with E-state index in [1.165, 1.54) is 5.56 Å². The molecule has 2 aromatic carbocycles. The molecule has 0 fully saturated rings. The fourth-order valence-corrected chi connectivity index (χ4v) is 2.28. The Morgan fingerprint density at radius 1 is 0.947 bits per heavy atom. The van der Waals surface area contributed by atoms with Crippen LogP contribution in [0.25, 0.3) is 0 Å². The van der Waals surface area contributed by atoms with E-state index in [4.69, 9.17) is 23.2 Å². The Kier molecular flexibility index (Phi) is 7.25. The predicted octanol–water partition coefficient (Wildman–Crippen LogP) is 4.75. The summed E-state index contributed by atoms with van der Waals surface area (Å²) in [6, 6.07) is 16.0. The van der Waals surface area contributed by atoms with Crippen molar-refractivity contribution in [1.82, 2.24) is 5.32 Å². The predicted molar refractivity (Wildman–Crippen MR) is 85.6 cm³/mol. The van der Waals surface area contributed by atoms with E-state index in [0.717, 1.165) is 30.1 Å². The fraction of sp³-hybridized carbons (Fsp3) is 0.200. The van der Waals surface area contributed by atoms with Gasteiger partial charge in [-0.2, -0.15) is 0 Å². The van der Waals surface area contributed by atoms with Crippen LogP contribution >= 0.6 is 35.6 Å². The van der Waals surface area contributed by atoms with Crippen molar-refractivity contribution in [3.63, 3.8) is 0 Å². The van der Waals surface area contributed by atoms with Crippen LogP contribution in [0.15, 0.2) is 48.5 Å². The van der Waals surface area contributed by atoms with Gasteiger partial charge < -0.3 is 5.32 Å². The number of nitrogens with one attached hydrogen (secondary N) is 1. The Hall–Kier alpha value is -0.730. The van der Waals surface area contributed by atoms with Crippen LogP contribution in [0.5, 0.6) is 0 Å². The van der Waals surface area contributed by atoms with E-state index in [1.807, 2.05) is 30.3 Å². The van der Waals surface area contributed by atoms with E-state index in [0.29, 0.717) is 5.02 Å². The van der Waals surface area contributed by atoms with Crippen LogP contribution in [0.3, 0.4) is 0 Å². The van der Waals surface area contributed by atoms with E-state index < -0.39 is 0 Å². The molecule has 0 heterocycles. The summed E-state index contributed by atoms with van der Waals surface area (Å²) in [5, 5.41) is 4.82. The molecule has 2 aromatic rings. The molecular weight excluding hydrogens is 301 g/mol. The zero-order valence-corrected chi connectivity index (χ0v) is 12.7. The molecule has 0 radical (unpaired) electrons. The minimum atomic E-state index is 0. The molecule has 0 aliphatic carbocycles. The van der Waals surface area contributed by atoms with Crippen molar-refractivity contribution in [3.8, 4) is 0 Å². The molecule has 2 rings (SSSR count). The van der Waals surface area contributed by atoms with E-state index in [9.17, 15) is 0 Å².